The molecular weight excluding hydrogens is 146 g/mol. The molecule has 4 heteroatoms. The average Bonchev–Trinajstić information content (AvgIpc) is 1.97. The van der Waals surface area contributed by atoms with E-state index in [-0.39, 0.29) is 17.4 Å². The summed E-state index contributed by atoms with van der Waals surface area (Å²) in [7, 11) is 0. The lowest BCUT2D eigenvalue weighted by atomic mass is 10.0. The Morgan fingerprint density at radius 1 is 1.55 bits per heavy atom. The molecule has 0 amide bonds. The van der Waals surface area contributed by atoms with Crippen molar-refractivity contribution >= 4 is 6.29 Å². The number of hydrogen-bond acceptors (Lipinski definition) is 3. The van der Waals surface area contributed by atoms with Crippen LogP contribution in [0.4, 0.5) is 0 Å². The quantitative estimate of drug-likeness (QED) is 0.333. The molecule has 0 aliphatic heterocycles. The van der Waals surface area contributed by atoms with Crippen LogP contribution in [0.3, 0.4) is 0 Å². The number of aldehydes is 1. The van der Waals surface area contributed by atoms with Crippen molar-refractivity contribution in [2.75, 3.05) is 6.54 Å². The van der Waals surface area contributed by atoms with Crippen LogP contribution in [0.15, 0.2) is 0 Å². The van der Waals surface area contributed by atoms with Gasteiger partial charge < -0.3 is 4.79 Å². The molecule has 0 fully saturated rings. The van der Waals surface area contributed by atoms with E-state index in [2.05, 4.69) is 0 Å². The summed E-state index contributed by atoms with van der Waals surface area (Å²) in [5.74, 6) is -0.120. The van der Waals surface area contributed by atoms with Gasteiger partial charge >= 0.3 is 0 Å². The van der Waals surface area contributed by atoms with E-state index in [1.165, 1.54) is 0 Å². The lowest BCUT2D eigenvalue weighted by Crippen LogP contribution is -2.09. The predicted molar refractivity (Wildman–Crippen MR) is 40.9 cm³/mol. The minimum absolute atomic E-state index is 0.0938. The second-order valence-electron chi connectivity index (χ2n) is 2.53. The molecule has 0 aliphatic carbocycles. The van der Waals surface area contributed by atoms with Crippen molar-refractivity contribution in [2.45, 2.75) is 26.2 Å². The summed E-state index contributed by atoms with van der Waals surface area (Å²) in [6.07, 6.45) is 2.86. The van der Waals surface area contributed by atoms with Crippen LogP contribution in [0.25, 0.3) is 0 Å². The molecule has 0 aromatic carbocycles. The standard InChI is InChI=1S/C7H13NO3/c1-2-3-7(6-9)4-5-8(10)11/h6-7H,2-5H2,1H3/t7-/m1/s1. The summed E-state index contributed by atoms with van der Waals surface area (Å²) in [4.78, 5) is 19.8. The van der Waals surface area contributed by atoms with Crippen molar-refractivity contribution < 1.29 is 9.72 Å². The van der Waals surface area contributed by atoms with Gasteiger partial charge in [-0.25, -0.2) is 0 Å². The average molecular weight is 159 g/mol. The van der Waals surface area contributed by atoms with Gasteiger partial charge in [-0.3, -0.25) is 10.1 Å². The summed E-state index contributed by atoms with van der Waals surface area (Å²) in [5, 5.41) is 9.91. The van der Waals surface area contributed by atoms with Crippen LogP contribution in [0.1, 0.15) is 26.2 Å². The molecule has 0 aromatic rings. The topological polar surface area (TPSA) is 60.2 Å². The molecule has 0 unspecified atom stereocenters. The first-order valence-corrected chi connectivity index (χ1v) is 3.77. The van der Waals surface area contributed by atoms with Crippen LogP contribution in [0.2, 0.25) is 0 Å². The Labute approximate surface area is 65.7 Å². The third-order valence-corrected chi connectivity index (χ3v) is 1.53. The van der Waals surface area contributed by atoms with Gasteiger partial charge in [-0.2, -0.15) is 0 Å². The molecule has 64 valence electrons. The number of carbonyl (C=O) groups is 1. The fourth-order valence-corrected chi connectivity index (χ4v) is 0.922. The number of nitrogens with zero attached hydrogens (tertiary/aromatic N) is 1. The van der Waals surface area contributed by atoms with Crippen molar-refractivity contribution in [1.82, 2.24) is 0 Å². The molecule has 0 heterocycles. The van der Waals surface area contributed by atoms with Crippen molar-refractivity contribution in [1.29, 1.82) is 0 Å². The second-order valence-corrected chi connectivity index (χ2v) is 2.53. The second kappa shape index (κ2) is 5.82. The van der Waals surface area contributed by atoms with Crippen LogP contribution >= 0.6 is 0 Å². The number of nitro groups is 1. The van der Waals surface area contributed by atoms with E-state index in [0.29, 0.717) is 6.42 Å². The zero-order chi connectivity index (χ0) is 8.69. The molecule has 0 saturated heterocycles. The molecule has 0 aromatic heterocycles. The Balaban J connectivity index is 3.51. The van der Waals surface area contributed by atoms with E-state index in [1.807, 2.05) is 6.92 Å². The molecule has 0 saturated carbocycles. The Morgan fingerprint density at radius 2 is 2.18 bits per heavy atom. The lowest BCUT2D eigenvalue weighted by molar-refractivity contribution is -0.481. The largest absolute Gasteiger partial charge is 0.303 e. The molecular formula is C7H13NO3. The highest BCUT2D eigenvalue weighted by atomic mass is 16.6. The summed E-state index contributed by atoms with van der Waals surface area (Å²) in [6, 6.07) is 0. The van der Waals surface area contributed by atoms with Gasteiger partial charge in [0, 0.05) is 17.3 Å². The first-order valence-electron chi connectivity index (χ1n) is 3.77. The number of rotatable bonds is 6. The Bertz CT molecular complexity index is 136. The zero-order valence-corrected chi connectivity index (χ0v) is 6.66. The van der Waals surface area contributed by atoms with Gasteiger partial charge in [-0.05, 0) is 6.42 Å². The molecule has 0 rings (SSSR count). The van der Waals surface area contributed by atoms with Crippen molar-refractivity contribution in [3.8, 4) is 0 Å². The first-order chi connectivity index (χ1) is 5.20. The molecule has 0 radical (unpaired) electrons. The van der Waals surface area contributed by atoms with E-state index < -0.39 is 0 Å². The Morgan fingerprint density at radius 3 is 2.55 bits per heavy atom. The molecule has 1 atom stereocenters. The zero-order valence-electron chi connectivity index (χ0n) is 6.66. The fourth-order valence-electron chi connectivity index (χ4n) is 0.922. The fraction of sp³-hybridized carbons (Fsp3) is 0.857. The Hall–Kier alpha value is -0.930. The van der Waals surface area contributed by atoms with E-state index in [9.17, 15) is 14.9 Å². The minimum Gasteiger partial charge on any atom is -0.303 e. The first kappa shape index (κ1) is 10.1. The minimum atomic E-state index is -0.383. The highest BCUT2D eigenvalue weighted by Crippen LogP contribution is 2.07. The van der Waals surface area contributed by atoms with E-state index in [1.54, 1.807) is 0 Å². The van der Waals surface area contributed by atoms with Gasteiger partial charge in [-0.1, -0.05) is 13.3 Å². The highest BCUT2D eigenvalue weighted by molar-refractivity contribution is 5.53. The smallest absolute Gasteiger partial charge is 0.204 e. The van der Waals surface area contributed by atoms with Gasteiger partial charge in [0.1, 0.15) is 6.29 Å². The maximum atomic E-state index is 10.3. The maximum absolute atomic E-state index is 10.3. The van der Waals surface area contributed by atoms with Gasteiger partial charge in [0.25, 0.3) is 0 Å². The van der Waals surface area contributed by atoms with Gasteiger partial charge in [0.05, 0.1) is 0 Å². The highest BCUT2D eigenvalue weighted by Gasteiger charge is 2.08. The van der Waals surface area contributed by atoms with Crippen LogP contribution in [-0.4, -0.2) is 17.8 Å². The number of hydrogen-bond donors (Lipinski definition) is 0. The monoisotopic (exact) mass is 159 g/mol. The third-order valence-electron chi connectivity index (χ3n) is 1.53. The van der Waals surface area contributed by atoms with Gasteiger partial charge in [0.15, 0.2) is 0 Å². The summed E-state index contributed by atoms with van der Waals surface area (Å²) < 4.78 is 0. The normalized spacial score (nSPS) is 12.5. The Kier molecular flexibility index (Phi) is 5.33. The van der Waals surface area contributed by atoms with E-state index in [0.717, 1.165) is 19.1 Å². The van der Waals surface area contributed by atoms with Crippen molar-refractivity contribution in [3.05, 3.63) is 10.1 Å². The van der Waals surface area contributed by atoms with E-state index in [4.69, 9.17) is 0 Å². The molecule has 0 N–H and O–H groups in total. The molecule has 0 aliphatic rings. The summed E-state index contributed by atoms with van der Waals surface area (Å²) in [5.41, 5.74) is 0. The lowest BCUT2D eigenvalue weighted by Gasteiger charge is -2.03. The summed E-state index contributed by atoms with van der Waals surface area (Å²) >= 11 is 0. The van der Waals surface area contributed by atoms with Crippen molar-refractivity contribution in [3.63, 3.8) is 0 Å². The van der Waals surface area contributed by atoms with Crippen molar-refractivity contribution in [2.24, 2.45) is 5.92 Å². The predicted octanol–water partition coefficient (Wildman–Crippen LogP) is 1.27. The molecule has 0 bridgehead atoms. The maximum Gasteiger partial charge on any atom is 0.204 e. The van der Waals surface area contributed by atoms with Crippen LogP contribution in [-0.2, 0) is 4.79 Å². The van der Waals surface area contributed by atoms with Gasteiger partial charge in [0.2, 0.25) is 6.54 Å². The molecule has 4 nitrogen and oxygen atoms in total. The van der Waals surface area contributed by atoms with Crippen LogP contribution < -0.4 is 0 Å². The number of carbonyl (C=O) groups excluding carboxylic acids is 1. The van der Waals surface area contributed by atoms with Gasteiger partial charge in [-0.15, -0.1) is 0 Å². The molecule has 0 spiro atoms. The third kappa shape index (κ3) is 5.51. The molecule has 11 heavy (non-hydrogen) atoms. The summed E-state index contributed by atoms with van der Waals surface area (Å²) in [6.45, 7) is 1.87. The SMILES string of the molecule is CCC[C@@H](C=O)CC[N+](=O)[O-]. The van der Waals surface area contributed by atoms with Crippen LogP contribution in [0, 0.1) is 16.0 Å². The van der Waals surface area contributed by atoms with E-state index >= 15 is 0 Å². The van der Waals surface area contributed by atoms with Crippen LogP contribution in [0.5, 0.6) is 0 Å².